The van der Waals surface area contributed by atoms with E-state index in [9.17, 15) is 29.7 Å². The van der Waals surface area contributed by atoms with Crippen LogP contribution in [0.2, 0.25) is 12.6 Å². The molecule has 0 radical (unpaired) electrons. The SMILES string of the molecule is CO[Si](C)(CCCN(CC(=O)[O-])C(CN)(CC(=O)[O-])CC(=O)[O-])OC.[Na+].[Na+].[Na+]. The van der Waals surface area contributed by atoms with Crippen molar-refractivity contribution in [3.63, 3.8) is 0 Å². The maximum Gasteiger partial charge on any atom is 1.00 e. The second-order valence-corrected chi connectivity index (χ2v) is 9.55. The van der Waals surface area contributed by atoms with E-state index in [-0.39, 0.29) is 95.2 Å². The summed E-state index contributed by atoms with van der Waals surface area (Å²) in [6.45, 7) is 0.817. The quantitative estimate of drug-likeness (QED) is 0.253. The van der Waals surface area contributed by atoms with E-state index in [1.165, 1.54) is 19.1 Å². The number of nitrogens with zero attached hydrogens (tertiary/aromatic N) is 1. The van der Waals surface area contributed by atoms with Gasteiger partial charge in [-0.1, -0.05) is 0 Å². The van der Waals surface area contributed by atoms with Gasteiger partial charge >= 0.3 is 97.2 Å². The van der Waals surface area contributed by atoms with Gasteiger partial charge < -0.3 is 44.3 Å². The van der Waals surface area contributed by atoms with Gasteiger partial charge in [-0.05, 0) is 25.6 Å². The number of carbonyl (C=O) groups is 3. The van der Waals surface area contributed by atoms with E-state index in [0.29, 0.717) is 12.5 Å². The summed E-state index contributed by atoms with van der Waals surface area (Å²) < 4.78 is 10.7. The first kappa shape index (κ1) is 36.8. The number of carboxylic acids is 3. The van der Waals surface area contributed by atoms with Gasteiger partial charge in [0.2, 0.25) is 0 Å². The number of nitrogens with two attached hydrogens (primary N) is 1. The minimum absolute atomic E-state index is 0. The van der Waals surface area contributed by atoms with E-state index >= 15 is 0 Å². The summed E-state index contributed by atoms with van der Waals surface area (Å²) in [4.78, 5) is 34.4. The van der Waals surface area contributed by atoms with Crippen molar-refractivity contribution in [2.24, 2.45) is 5.73 Å². The van der Waals surface area contributed by atoms with Crippen molar-refractivity contribution >= 4 is 26.5 Å². The molecule has 0 aromatic rings. The molecule has 0 amide bonds. The van der Waals surface area contributed by atoms with Crippen LogP contribution in [0.3, 0.4) is 0 Å². The first-order valence-electron chi connectivity index (χ1n) is 7.69. The van der Waals surface area contributed by atoms with Gasteiger partial charge in [-0.3, -0.25) is 4.90 Å². The maximum atomic E-state index is 11.1. The van der Waals surface area contributed by atoms with Gasteiger partial charge in [0.25, 0.3) is 0 Å². The zero-order valence-corrected chi connectivity index (χ0v) is 24.7. The molecule has 0 rings (SSSR count). The van der Waals surface area contributed by atoms with Crippen molar-refractivity contribution in [2.45, 2.75) is 37.4 Å². The fourth-order valence-electron chi connectivity index (χ4n) is 2.62. The fourth-order valence-corrected chi connectivity index (χ4v) is 3.99. The Morgan fingerprint density at radius 3 is 1.68 bits per heavy atom. The van der Waals surface area contributed by atoms with Gasteiger partial charge in [0.15, 0.2) is 0 Å². The van der Waals surface area contributed by atoms with Crippen LogP contribution in [0.15, 0.2) is 0 Å². The molecule has 10 nitrogen and oxygen atoms in total. The zero-order valence-electron chi connectivity index (χ0n) is 17.7. The predicted molar refractivity (Wildman–Crippen MR) is 82.7 cm³/mol. The van der Waals surface area contributed by atoms with Crippen molar-refractivity contribution in [1.82, 2.24) is 4.90 Å². The number of hydrogen-bond acceptors (Lipinski definition) is 10. The van der Waals surface area contributed by atoms with E-state index in [2.05, 4.69) is 0 Å². The fraction of sp³-hybridized carbons (Fsp3) is 0.786. The summed E-state index contributed by atoms with van der Waals surface area (Å²) in [7, 11) is 0.594. The van der Waals surface area contributed by atoms with Crippen LogP contribution in [0.1, 0.15) is 19.3 Å². The van der Waals surface area contributed by atoms with Crippen LogP contribution in [-0.2, 0) is 23.2 Å². The monoisotopic (exact) mass is 446 g/mol. The van der Waals surface area contributed by atoms with Crippen LogP contribution in [0.5, 0.6) is 0 Å². The third kappa shape index (κ3) is 13.7. The third-order valence-electron chi connectivity index (χ3n) is 4.24. The van der Waals surface area contributed by atoms with Crippen LogP contribution < -0.4 is 110 Å². The van der Waals surface area contributed by atoms with Gasteiger partial charge in [-0.25, -0.2) is 0 Å². The molecule has 0 bridgehead atoms. The molecular formula is C14H25N2Na3O8Si. The second kappa shape index (κ2) is 18.1. The minimum Gasteiger partial charge on any atom is -0.550 e. The van der Waals surface area contributed by atoms with Gasteiger partial charge in [0, 0.05) is 57.6 Å². The van der Waals surface area contributed by atoms with Gasteiger partial charge in [-0.2, -0.15) is 0 Å². The van der Waals surface area contributed by atoms with E-state index in [4.69, 9.17) is 14.6 Å². The molecule has 0 aliphatic carbocycles. The van der Waals surface area contributed by atoms with Gasteiger partial charge in [0.1, 0.15) is 0 Å². The van der Waals surface area contributed by atoms with Crippen LogP contribution in [0, 0.1) is 0 Å². The average molecular weight is 446 g/mol. The molecule has 2 N–H and O–H groups in total. The van der Waals surface area contributed by atoms with Crippen molar-refractivity contribution in [2.75, 3.05) is 33.9 Å². The Labute approximate surface area is 233 Å². The molecule has 0 heterocycles. The van der Waals surface area contributed by atoms with Crippen molar-refractivity contribution in [3.8, 4) is 0 Å². The maximum absolute atomic E-state index is 11.1. The molecule has 0 aromatic heterocycles. The minimum atomic E-state index is -2.42. The molecule has 0 saturated heterocycles. The Hall–Kier alpha value is 1.47. The van der Waals surface area contributed by atoms with E-state index in [1.807, 2.05) is 6.55 Å². The zero-order chi connectivity index (χ0) is 19.7. The van der Waals surface area contributed by atoms with E-state index in [1.54, 1.807) is 0 Å². The van der Waals surface area contributed by atoms with Gasteiger partial charge in [-0.15, -0.1) is 0 Å². The number of carboxylic acid groups (broad SMARTS) is 3. The number of rotatable bonds is 14. The summed E-state index contributed by atoms with van der Waals surface area (Å²) in [5.74, 6) is -4.56. The summed E-state index contributed by atoms with van der Waals surface area (Å²) in [5, 5.41) is 33.2. The molecule has 0 spiro atoms. The van der Waals surface area contributed by atoms with Crippen molar-refractivity contribution in [3.05, 3.63) is 0 Å². The molecule has 146 valence electrons. The summed E-state index contributed by atoms with van der Waals surface area (Å²) >= 11 is 0. The largest absolute Gasteiger partial charge is 1.00 e. The number of carbonyl (C=O) groups excluding carboxylic acids is 3. The molecule has 0 fully saturated rings. The Balaban J connectivity index is -0.000000960. The third-order valence-corrected chi connectivity index (χ3v) is 7.23. The molecule has 0 atom stereocenters. The number of hydrogen-bond donors (Lipinski definition) is 1. The summed E-state index contributed by atoms with van der Waals surface area (Å²) in [5.41, 5.74) is 3.97. The first-order chi connectivity index (χ1) is 11.5. The second-order valence-electron chi connectivity index (χ2n) is 5.97. The standard InChI is InChI=1S/C14H28N2O8Si.3Na/c1-23-25(3,24-2)6-4-5-16(9-13(21)22)14(10-15,7-11(17)18)8-12(19)20;;;/h4-10,15H2,1-3H3,(H,17,18)(H,19,20)(H,21,22);;;/q;3*+1/p-3. The van der Waals surface area contributed by atoms with Crippen LogP contribution in [0.4, 0.5) is 0 Å². The molecular weight excluding hydrogens is 421 g/mol. The topological polar surface area (TPSA) is 168 Å². The van der Waals surface area contributed by atoms with Gasteiger partial charge in [0.05, 0.1) is 5.97 Å². The van der Waals surface area contributed by atoms with Crippen LogP contribution >= 0.6 is 0 Å². The van der Waals surface area contributed by atoms with E-state index in [0.717, 1.165) is 0 Å². The first-order valence-corrected chi connectivity index (χ1v) is 10.2. The molecule has 0 aliphatic heterocycles. The Kier molecular flexibility index (Phi) is 23.8. The Morgan fingerprint density at radius 2 is 1.39 bits per heavy atom. The van der Waals surface area contributed by atoms with Crippen LogP contribution in [0.25, 0.3) is 0 Å². The molecule has 0 unspecified atom stereocenters. The molecule has 0 saturated carbocycles. The predicted octanol–water partition coefficient (Wildman–Crippen LogP) is -13.2. The normalized spacial score (nSPS) is 11.0. The summed E-state index contributed by atoms with van der Waals surface area (Å²) in [6.07, 6.45) is -1.10. The Bertz CT molecular complexity index is 468. The Morgan fingerprint density at radius 1 is 0.964 bits per heavy atom. The van der Waals surface area contributed by atoms with Crippen molar-refractivity contribution < 1.29 is 127 Å². The molecule has 28 heavy (non-hydrogen) atoms. The smallest absolute Gasteiger partial charge is 0.550 e. The molecule has 0 aliphatic rings. The molecule has 0 aromatic carbocycles. The summed E-state index contributed by atoms with van der Waals surface area (Å²) in [6, 6.07) is 0.487. The number of aliphatic carboxylic acids is 3. The van der Waals surface area contributed by atoms with Crippen LogP contribution in [-0.4, -0.2) is 70.8 Å². The van der Waals surface area contributed by atoms with Crippen molar-refractivity contribution in [1.29, 1.82) is 0 Å². The molecule has 14 heteroatoms. The van der Waals surface area contributed by atoms with E-state index < -0.39 is 57.9 Å². The average Bonchev–Trinajstić information content (AvgIpc) is 2.51.